The molecule has 3 heteroatoms. The third-order valence-electron chi connectivity index (χ3n) is 3.22. The van der Waals surface area contributed by atoms with Crippen molar-refractivity contribution in [3.05, 3.63) is 24.1 Å². The van der Waals surface area contributed by atoms with Gasteiger partial charge in [-0.15, -0.1) is 0 Å². The monoisotopic (exact) mass is 190 g/mol. The van der Waals surface area contributed by atoms with Crippen molar-refractivity contribution in [1.82, 2.24) is 10.5 Å². The fourth-order valence-corrected chi connectivity index (χ4v) is 2.40. The van der Waals surface area contributed by atoms with Crippen molar-refractivity contribution in [1.29, 1.82) is 0 Å². The number of hydrogen-bond donors (Lipinski definition) is 1. The minimum atomic E-state index is 0.682. The van der Waals surface area contributed by atoms with E-state index in [0.29, 0.717) is 6.04 Å². The Morgan fingerprint density at radius 2 is 2.36 bits per heavy atom. The van der Waals surface area contributed by atoms with Crippen LogP contribution in [0.4, 0.5) is 0 Å². The van der Waals surface area contributed by atoms with Crippen molar-refractivity contribution >= 4 is 5.57 Å². The Balaban J connectivity index is 1.83. The zero-order valence-electron chi connectivity index (χ0n) is 8.07. The zero-order chi connectivity index (χ0) is 9.38. The normalized spacial score (nSPS) is 35.0. The van der Waals surface area contributed by atoms with Gasteiger partial charge in [-0.1, -0.05) is 11.2 Å². The number of rotatable bonds is 1. The summed E-state index contributed by atoms with van der Waals surface area (Å²) in [6.07, 6.45) is 10.8. The van der Waals surface area contributed by atoms with E-state index in [1.165, 1.54) is 24.8 Å². The van der Waals surface area contributed by atoms with Crippen LogP contribution >= 0.6 is 0 Å². The van der Waals surface area contributed by atoms with Crippen LogP contribution in [0.3, 0.4) is 0 Å². The van der Waals surface area contributed by atoms with Crippen molar-refractivity contribution in [3.63, 3.8) is 0 Å². The van der Waals surface area contributed by atoms with Crippen LogP contribution in [0.25, 0.3) is 5.57 Å². The van der Waals surface area contributed by atoms with Crippen molar-refractivity contribution in [2.45, 2.75) is 37.8 Å². The van der Waals surface area contributed by atoms with Gasteiger partial charge in [0.15, 0.2) is 0 Å². The van der Waals surface area contributed by atoms with Crippen LogP contribution in [-0.2, 0) is 0 Å². The van der Waals surface area contributed by atoms with E-state index in [4.69, 9.17) is 4.52 Å². The maximum absolute atomic E-state index is 4.88. The molecule has 2 atom stereocenters. The summed E-state index contributed by atoms with van der Waals surface area (Å²) < 4.78 is 4.88. The lowest BCUT2D eigenvalue weighted by Crippen LogP contribution is -2.52. The van der Waals surface area contributed by atoms with E-state index in [1.807, 2.05) is 6.20 Å². The molecule has 3 heterocycles. The number of nitrogens with zero attached hydrogens (tertiary/aromatic N) is 1. The number of allylic oxidation sites excluding steroid dienone is 1. The number of fused-ring (bicyclic) bond motifs is 3. The highest BCUT2D eigenvalue weighted by Gasteiger charge is 2.29. The summed E-state index contributed by atoms with van der Waals surface area (Å²) in [5.41, 5.74) is 2.54. The highest BCUT2D eigenvalue weighted by molar-refractivity contribution is 5.64. The second-order valence-corrected chi connectivity index (χ2v) is 4.22. The van der Waals surface area contributed by atoms with E-state index in [-0.39, 0.29) is 0 Å². The molecule has 1 aliphatic carbocycles. The predicted octanol–water partition coefficient (Wildman–Crippen LogP) is 1.97. The molecule has 3 nitrogen and oxygen atoms in total. The first kappa shape index (κ1) is 8.24. The Morgan fingerprint density at radius 1 is 1.43 bits per heavy atom. The zero-order valence-corrected chi connectivity index (χ0v) is 8.07. The molecular formula is C11H14N2O. The van der Waals surface area contributed by atoms with E-state index in [1.54, 1.807) is 6.26 Å². The van der Waals surface area contributed by atoms with Crippen LogP contribution in [-0.4, -0.2) is 17.2 Å². The largest absolute Gasteiger partial charge is 0.364 e. The number of hydrogen-bond acceptors (Lipinski definition) is 3. The van der Waals surface area contributed by atoms with Gasteiger partial charge in [-0.25, -0.2) is 0 Å². The van der Waals surface area contributed by atoms with E-state index in [2.05, 4.69) is 16.5 Å². The Bertz CT molecular complexity index is 336. The molecule has 2 aliphatic heterocycles. The molecule has 1 N–H and O–H groups in total. The summed E-state index contributed by atoms with van der Waals surface area (Å²) in [6.45, 7) is 0. The van der Waals surface area contributed by atoms with Gasteiger partial charge in [-0.05, 0) is 31.3 Å². The first-order valence-corrected chi connectivity index (χ1v) is 5.26. The molecule has 3 aliphatic rings. The van der Waals surface area contributed by atoms with E-state index in [0.717, 1.165) is 18.0 Å². The molecule has 74 valence electrons. The maximum Gasteiger partial charge on any atom is 0.131 e. The topological polar surface area (TPSA) is 38.1 Å². The lowest BCUT2D eigenvalue weighted by molar-refractivity contribution is 0.252. The summed E-state index contributed by atoms with van der Waals surface area (Å²) in [6, 6.07) is 1.46. The molecule has 0 aromatic carbocycles. The molecule has 0 amide bonds. The molecule has 0 radical (unpaired) electrons. The van der Waals surface area contributed by atoms with Gasteiger partial charge >= 0.3 is 0 Å². The third kappa shape index (κ3) is 1.38. The third-order valence-corrected chi connectivity index (χ3v) is 3.22. The molecule has 2 bridgehead atoms. The molecule has 1 aromatic heterocycles. The molecule has 14 heavy (non-hydrogen) atoms. The Hall–Kier alpha value is -1.09. The van der Waals surface area contributed by atoms with Crippen molar-refractivity contribution in [2.75, 3.05) is 0 Å². The molecule has 1 saturated heterocycles. The van der Waals surface area contributed by atoms with Gasteiger partial charge in [-0.3, -0.25) is 0 Å². The van der Waals surface area contributed by atoms with Crippen molar-refractivity contribution in [3.8, 4) is 0 Å². The van der Waals surface area contributed by atoms with Gasteiger partial charge in [0.05, 0.1) is 6.20 Å². The van der Waals surface area contributed by atoms with Crippen molar-refractivity contribution in [2.24, 2.45) is 0 Å². The SMILES string of the molecule is C1=C(/c2cnoc2)CC2CC(CC/1)N2. The van der Waals surface area contributed by atoms with Crippen molar-refractivity contribution < 1.29 is 4.52 Å². The Morgan fingerprint density at radius 3 is 3.14 bits per heavy atom. The van der Waals surface area contributed by atoms with Crippen LogP contribution < -0.4 is 5.32 Å². The summed E-state index contributed by atoms with van der Waals surface area (Å²) in [5.74, 6) is 0. The first-order valence-electron chi connectivity index (χ1n) is 5.26. The van der Waals surface area contributed by atoms with Gasteiger partial charge < -0.3 is 9.84 Å². The highest BCUT2D eigenvalue weighted by Crippen LogP contribution is 2.30. The molecular weight excluding hydrogens is 176 g/mol. The smallest absolute Gasteiger partial charge is 0.131 e. The van der Waals surface area contributed by atoms with E-state index >= 15 is 0 Å². The fraction of sp³-hybridized carbons (Fsp3) is 0.545. The molecule has 0 saturated carbocycles. The van der Waals surface area contributed by atoms with Crippen LogP contribution in [0.2, 0.25) is 0 Å². The van der Waals surface area contributed by atoms with Gasteiger partial charge in [0.1, 0.15) is 6.26 Å². The quantitative estimate of drug-likeness (QED) is 0.735. The maximum atomic E-state index is 4.88. The molecule has 1 aromatic rings. The average Bonchev–Trinajstić information content (AvgIpc) is 2.51. The summed E-state index contributed by atoms with van der Waals surface area (Å²) >= 11 is 0. The van der Waals surface area contributed by atoms with Crippen LogP contribution in [0, 0.1) is 0 Å². The molecule has 1 fully saturated rings. The molecule has 0 spiro atoms. The minimum absolute atomic E-state index is 0.682. The standard InChI is InChI=1S/C11H14N2O/c1-2-8(9-6-12-14-7-9)4-11-5-10(3-1)13-11/h2,6-7,10-11,13H,1,3-5H2/b8-2+. The fourth-order valence-electron chi connectivity index (χ4n) is 2.40. The second kappa shape index (κ2) is 3.24. The Kier molecular flexibility index (Phi) is 1.91. The van der Waals surface area contributed by atoms with Crippen LogP contribution in [0.5, 0.6) is 0 Å². The number of aromatic nitrogens is 1. The average molecular weight is 190 g/mol. The van der Waals surface area contributed by atoms with Gasteiger partial charge in [0.2, 0.25) is 0 Å². The predicted molar refractivity (Wildman–Crippen MR) is 53.7 cm³/mol. The van der Waals surface area contributed by atoms with Gasteiger partial charge in [0, 0.05) is 17.6 Å². The van der Waals surface area contributed by atoms with Crippen LogP contribution in [0.1, 0.15) is 31.2 Å². The second-order valence-electron chi connectivity index (χ2n) is 4.22. The van der Waals surface area contributed by atoms with Gasteiger partial charge in [0.25, 0.3) is 0 Å². The lowest BCUT2D eigenvalue weighted by Gasteiger charge is -2.39. The Labute approximate surface area is 83.2 Å². The first-order chi connectivity index (χ1) is 6.92. The number of nitrogens with one attached hydrogen (secondary N) is 1. The lowest BCUT2D eigenvalue weighted by atomic mass is 9.84. The summed E-state index contributed by atoms with van der Waals surface area (Å²) in [4.78, 5) is 0. The van der Waals surface area contributed by atoms with E-state index in [9.17, 15) is 0 Å². The summed E-state index contributed by atoms with van der Waals surface area (Å²) in [7, 11) is 0. The van der Waals surface area contributed by atoms with Crippen LogP contribution in [0.15, 0.2) is 23.1 Å². The van der Waals surface area contributed by atoms with Gasteiger partial charge in [-0.2, -0.15) is 0 Å². The molecule has 2 unspecified atom stereocenters. The van der Waals surface area contributed by atoms with E-state index < -0.39 is 0 Å². The minimum Gasteiger partial charge on any atom is -0.364 e. The summed E-state index contributed by atoms with van der Waals surface area (Å²) in [5, 5.41) is 7.33. The molecule has 4 rings (SSSR count). The highest BCUT2D eigenvalue weighted by atomic mass is 16.5.